The second-order valence-corrected chi connectivity index (χ2v) is 6.85. The van der Waals surface area contributed by atoms with Gasteiger partial charge >= 0.3 is 11.7 Å². The number of nitrogens with zero attached hydrogens (tertiary/aromatic N) is 2. The number of anilines is 1. The van der Waals surface area contributed by atoms with Gasteiger partial charge in [0.2, 0.25) is 0 Å². The number of hydrogen-bond acceptors (Lipinski definition) is 10. The molecule has 0 saturated carbocycles. The minimum atomic E-state index is -1.26. The molecule has 10 nitrogen and oxygen atoms in total. The summed E-state index contributed by atoms with van der Waals surface area (Å²) < 4.78 is 6.11. The zero-order valence-corrected chi connectivity index (χ0v) is 13.7. The summed E-state index contributed by atoms with van der Waals surface area (Å²) in [6.07, 6.45) is -2.18. The van der Waals surface area contributed by atoms with E-state index in [1.807, 2.05) is 0 Å². The zero-order valence-electron chi connectivity index (χ0n) is 12.8. The third-order valence-electron chi connectivity index (χ3n) is 3.64. The van der Waals surface area contributed by atoms with Gasteiger partial charge in [-0.3, -0.25) is 9.36 Å². The van der Waals surface area contributed by atoms with Crippen LogP contribution in [0.3, 0.4) is 0 Å². The summed E-state index contributed by atoms with van der Waals surface area (Å²) in [4.78, 5) is 27.1. The average molecular weight is 360 g/mol. The van der Waals surface area contributed by atoms with E-state index in [9.17, 15) is 24.9 Å². The quantitative estimate of drug-likeness (QED) is 0.351. The molecule has 0 amide bonds. The Morgan fingerprint density at radius 1 is 1.50 bits per heavy atom. The molecular formula is C13H20N4O6S. The monoisotopic (exact) mass is 360 g/mol. The molecule has 0 radical (unpaired) electrons. The molecule has 1 aromatic rings. The van der Waals surface area contributed by atoms with Crippen molar-refractivity contribution in [3.05, 3.63) is 22.7 Å². The first-order valence-electron chi connectivity index (χ1n) is 7.19. The van der Waals surface area contributed by atoms with Crippen LogP contribution in [0.2, 0.25) is 0 Å². The fraction of sp³-hybridized carbons (Fsp3) is 0.615. The van der Waals surface area contributed by atoms with E-state index in [0.29, 0.717) is 0 Å². The molecule has 3 unspecified atom stereocenters. The number of aliphatic hydroxyl groups is 3. The van der Waals surface area contributed by atoms with E-state index in [2.05, 4.69) is 4.98 Å². The minimum absolute atomic E-state index is 0.0480. The summed E-state index contributed by atoms with van der Waals surface area (Å²) in [7, 11) is 0. The van der Waals surface area contributed by atoms with E-state index in [4.69, 9.17) is 16.2 Å². The van der Waals surface area contributed by atoms with Gasteiger partial charge in [0.25, 0.3) is 0 Å². The number of nitrogen functional groups attached to an aromatic ring is 1. The molecule has 2 rings (SSSR count). The second kappa shape index (κ2) is 7.49. The molecule has 6 atom stereocenters. The Morgan fingerprint density at radius 3 is 2.75 bits per heavy atom. The summed E-state index contributed by atoms with van der Waals surface area (Å²) >= 11 is 1.06. The third-order valence-corrected chi connectivity index (χ3v) is 5.19. The number of rotatable bonds is 5. The predicted octanol–water partition coefficient (Wildman–Crippen LogP) is -2.59. The molecule has 134 valence electrons. The van der Waals surface area contributed by atoms with Crippen LogP contribution in [0.4, 0.5) is 5.82 Å². The number of carbonyl (C=O) groups is 1. The summed E-state index contributed by atoms with van der Waals surface area (Å²) in [6.45, 7) is 1.13. The Labute approximate surface area is 141 Å². The van der Waals surface area contributed by atoms with Crippen molar-refractivity contribution in [2.75, 3.05) is 12.3 Å². The summed E-state index contributed by atoms with van der Waals surface area (Å²) in [5, 5.41) is 28.0. The first kappa shape index (κ1) is 18.7. The molecule has 7 N–H and O–H groups in total. The summed E-state index contributed by atoms with van der Waals surface area (Å²) in [5.74, 6) is -0.770. The van der Waals surface area contributed by atoms with E-state index in [1.165, 1.54) is 19.2 Å². The predicted molar refractivity (Wildman–Crippen MR) is 86.0 cm³/mol. The molecular weight excluding hydrogens is 340 g/mol. The van der Waals surface area contributed by atoms with Gasteiger partial charge in [-0.05, 0) is 13.0 Å². The van der Waals surface area contributed by atoms with Gasteiger partial charge in [0.1, 0.15) is 29.9 Å². The average Bonchev–Trinajstić information content (AvgIpc) is 2.80. The number of aromatic nitrogens is 2. The van der Waals surface area contributed by atoms with Crippen molar-refractivity contribution in [2.45, 2.75) is 41.9 Å². The largest absolute Gasteiger partial charge is 0.463 e. The Bertz CT molecular complexity index is 654. The van der Waals surface area contributed by atoms with Crippen molar-refractivity contribution in [3.8, 4) is 0 Å². The number of nitrogens with two attached hydrogens (primary N) is 2. The number of aliphatic hydroxyl groups excluding tert-OH is 3. The van der Waals surface area contributed by atoms with Crippen LogP contribution in [0.5, 0.6) is 0 Å². The second-order valence-electron chi connectivity index (χ2n) is 5.48. The molecule has 0 aromatic carbocycles. The van der Waals surface area contributed by atoms with E-state index in [0.717, 1.165) is 16.3 Å². The molecule has 11 heteroatoms. The highest BCUT2D eigenvalue weighted by Crippen LogP contribution is 2.41. The normalized spacial score (nSPS) is 29.2. The van der Waals surface area contributed by atoms with Crippen LogP contribution in [0.1, 0.15) is 12.3 Å². The molecule has 0 spiro atoms. The fourth-order valence-corrected chi connectivity index (χ4v) is 3.61. The maximum atomic E-state index is 11.9. The van der Waals surface area contributed by atoms with Crippen LogP contribution >= 0.6 is 11.8 Å². The molecule has 1 saturated heterocycles. The van der Waals surface area contributed by atoms with Crippen molar-refractivity contribution in [2.24, 2.45) is 5.73 Å². The van der Waals surface area contributed by atoms with Crippen molar-refractivity contribution >= 4 is 23.5 Å². The van der Waals surface area contributed by atoms with E-state index >= 15 is 0 Å². The highest BCUT2D eigenvalue weighted by Gasteiger charge is 2.44. The van der Waals surface area contributed by atoms with Gasteiger partial charge in [-0.25, -0.2) is 4.79 Å². The van der Waals surface area contributed by atoms with Crippen LogP contribution in [-0.4, -0.2) is 67.1 Å². The van der Waals surface area contributed by atoms with Gasteiger partial charge in [-0.15, -0.1) is 11.8 Å². The van der Waals surface area contributed by atoms with E-state index in [-0.39, 0.29) is 12.4 Å². The smallest absolute Gasteiger partial charge is 0.350 e. The molecule has 1 aliphatic rings. The number of carbonyl (C=O) groups excluding carboxylic acids is 1. The van der Waals surface area contributed by atoms with Crippen molar-refractivity contribution in [1.82, 2.24) is 9.55 Å². The molecule has 0 aliphatic carbocycles. The van der Waals surface area contributed by atoms with Gasteiger partial charge < -0.3 is 31.5 Å². The van der Waals surface area contributed by atoms with Crippen LogP contribution < -0.4 is 17.2 Å². The number of thioether (sulfide) groups is 1. The minimum Gasteiger partial charge on any atom is -0.463 e. The third kappa shape index (κ3) is 3.87. The van der Waals surface area contributed by atoms with E-state index in [1.54, 1.807) is 0 Å². The lowest BCUT2D eigenvalue weighted by atomic mass is 10.1. The lowest BCUT2D eigenvalue weighted by Gasteiger charge is -2.18. The summed E-state index contributed by atoms with van der Waals surface area (Å²) in [6, 6.07) is 0.203. The van der Waals surface area contributed by atoms with Gasteiger partial charge in [-0.1, -0.05) is 0 Å². The highest BCUT2D eigenvalue weighted by molar-refractivity contribution is 8.00. The highest BCUT2D eigenvalue weighted by atomic mass is 32.2. The number of ether oxygens (including phenoxy) is 1. The Morgan fingerprint density at radius 2 is 2.17 bits per heavy atom. The molecule has 0 bridgehead atoms. The zero-order chi connectivity index (χ0) is 18.0. The van der Waals surface area contributed by atoms with Gasteiger partial charge in [0, 0.05) is 6.20 Å². The lowest BCUT2D eigenvalue weighted by Crippen LogP contribution is -2.43. The van der Waals surface area contributed by atoms with Gasteiger partial charge in [0.15, 0.2) is 0 Å². The Hall–Kier alpha value is -1.66. The first-order valence-corrected chi connectivity index (χ1v) is 8.13. The molecule has 1 aliphatic heterocycles. The van der Waals surface area contributed by atoms with Crippen molar-refractivity contribution in [3.63, 3.8) is 0 Å². The van der Waals surface area contributed by atoms with E-state index < -0.39 is 46.6 Å². The van der Waals surface area contributed by atoms with Crippen LogP contribution in [-0.2, 0) is 9.53 Å². The molecule has 1 fully saturated rings. The number of hydrogen-bond donors (Lipinski definition) is 5. The maximum Gasteiger partial charge on any atom is 0.350 e. The van der Waals surface area contributed by atoms with Gasteiger partial charge in [-0.2, -0.15) is 4.98 Å². The maximum absolute atomic E-state index is 11.9. The topological polar surface area (TPSA) is 174 Å². The summed E-state index contributed by atoms with van der Waals surface area (Å²) in [5.41, 5.74) is 10.2. The van der Waals surface area contributed by atoms with Crippen molar-refractivity contribution < 1.29 is 24.9 Å². The van der Waals surface area contributed by atoms with Crippen LogP contribution in [0.25, 0.3) is 0 Å². The first-order chi connectivity index (χ1) is 11.2. The van der Waals surface area contributed by atoms with Gasteiger partial charge in [0.05, 0.1) is 17.5 Å². The van der Waals surface area contributed by atoms with Crippen LogP contribution in [0, 0.1) is 0 Å². The molecule has 1 aromatic heterocycles. The molecule has 2 heterocycles. The Kier molecular flexibility index (Phi) is 5.83. The standard InChI is InChI=1S/C13H20N4O6S/c1-5(18)8(15)12(21)23-4-6-9(19)10(20)11(24-6)17-3-2-7(14)16-13(17)22/h2-3,5-6,8-11,18-20H,4,15H2,1H3,(H2,14,16,22)/t5?,6-,8-,9?,10?,11-/m1/s1. The van der Waals surface area contributed by atoms with Crippen LogP contribution in [0.15, 0.2) is 17.1 Å². The Balaban J connectivity index is 2.05. The van der Waals surface area contributed by atoms with Crippen molar-refractivity contribution in [1.29, 1.82) is 0 Å². The fourth-order valence-electron chi connectivity index (χ4n) is 2.17. The lowest BCUT2D eigenvalue weighted by molar-refractivity contribution is -0.148. The SMILES string of the molecule is CC(O)[C@@H](N)C(=O)OC[C@H]1S[C@@H](n2ccc(N)nc2=O)C(O)C1O. The number of esters is 1. The molecule has 24 heavy (non-hydrogen) atoms.